The summed E-state index contributed by atoms with van der Waals surface area (Å²) in [7, 11) is 0. The molecule has 19 heavy (non-hydrogen) atoms. The van der Waals surface area contributed by atoms with E-state index in [0.717, 1.165) is 29.8 Å². The summed E-state index contributed by atoms with van der Waals surface area (Å²) in [6.45, 7) is 9.76. The molecule has 1 aromatic heterocycles. The highest BCUT2D eigenvalue weighted by Gasteiger charge is 2.17. The highest BCUT2D eigenvalue weighted by molar-refractivity contribution is 5.39. The first-order chi connectivity index (χ1) is 9.16. The summed E-state index contributed by atoms with van der Waals surface area (Å²) in [6, 6.07) is 0.759. The average Bonchev–Trinajstić information content (AvgIpc) is 2.40. The third-order valence-corrected chi connectivity index (χ3v) is 3.93. The number of rotatable bonds is 5. The second-order valence-electron chi connectivity index (χ2n) is 5.61. The third kappa shape index (κ3) is 4.16. The van der Waals surface area contributed by atoms with Crippen molar-refractivity contribution in [3.63, 3.8) is 0 Å². The van der Waals surface area contributed by atoms with Gasteiger partial charge in [-0.3, -0.25) is 4.98 Å². The zero-order valence-corrected chi connectivity index (χ0v) is 12.4. The Morgan fingerprint density at radius 2 is 2.21 bits per heavy atom. The second-order valence-corrected chi connectivity index (χ2v) is 5.61. The second kappa shape index (κ2) is 6.85. The molecule has 4 heteroatoms. The lowest BCUT2D eigenvalue weighted by atomic mass is 10.0. The van der Waals surface area contributed by atoms with Crippen molar-refractivity contribution < 1.29 is 0 Å². The van der Waals surface area contributed by atoms with Crippen molar-refractivity contribution in [1.82, 2.24) is 14.9 Å². The standard InChI is InChI=1S/C15H26N4/c1-12-11-17-14(3)15(18-12)16-8-6-10-19-9-5-4-7-13(19)2/h11,13H,4-10H2,1-3H3,(H,16,18). The number of aromatic nitrogens is 2. The molecule has 1 aliphatic heterocycles. The number of piperidine rings is 1. The maximum absolute atomic E-state index is 4.48. The van der Waals surface area contributed by atoms with Crippen LogP contribution in [0.4, 0.5) is 5.82 Å². The highest BCUT2D eigenvalue weighted by atomic mass is 15.2. The molecule has 0 aromatic carbocycles. The Hall–Kier alpha value is -1.16. The maximum Gasteiger partial charge on any atom is 0.147 e. The molecule has 0 radical (unpaired) electrons. The van der Waals surface area contributed by atoms with Crippen LogP contribution in [0.1, 0.15) is 44.0 Å². The van der Waals surface area contributed by atoms with E-state index in [1.165, 1.54) is 38.8 Å². The van der Waals surface area contributed by atoms with E-state index < -0.39 is 0 Å². The molecule has 1 aromatic rings. The SMILES string of the molecule is Cc1cnc(C)c(NCCCN2CCCCC2C)n1. The Kier molecular flexibility index (Phi) is 5.14. The van der Waals surface area contributed by atoms with E-state index in [0.29, 0.717) is 0 Å². The van der Waals surface area contributed by atoms with Crippen molar-refractivity contribution in [2.45, 2.75) is 52.5 Å². The largest absolute Gasteiger partial charge is 0.369 e. The molecule has 2 rings (SSSR count). The molecule has 4 nitrogen and oxygen atoms in total. The molecular formula is C15H26N4. The Morgan fingerprint density at radius 1 is 1.37 bits per heavy atom. The fourth-order valence-electron chi connectivity index (χ4n) is 2.68. The van der Waals surface area contributed by atoms with Crippen molar-refractivity contribution in [2.75, 3.05) is 25.0 Å². The summed E-state index contributed by atoms with van der Waals surface area (Å²) in [5, 5.41) is 3.41. The zero-order valence-electron chi connectivity index (χ0n) is 12.4. The minimum absolute atomic E-state index is 0.759. The van der Waals surface area contributed by atoms with Gasteiger partial charge in [0.2, 0.25) is 0 Å². The van der Waals surface area contributed by atoms with E-state index in [1.807, 2.05) is 20.0 Å². The molecule has 1 saturated heterocycles. The molecule has 1 aliphatic rings. The summed E-state index contributed by atoms with van der Waals surface area (Å²) in [6.07, 6.45) is 7.10. The first-order valence-electron chi connectivity index (χ1n) is 7.45. The van der Waals surface area contributed by atoms with Crippen LogP contribution in [0.3, 0.4) is 0 Å². The molecule has 0 amide bonds. The van der Waals surface area contributed by atoms with Crippen molar-refractivity contribution in [3.8, 4) is 0 Å². The minimum atomic E-state index is 0.759. The normalized spacial score (nSPS) is 20.5. The Balaban J connectivity index is 1.73. The van der Waals surface area contributed by atoms with Gasteiger partial charge in [-0.1, -0.05) is 6.42 Å². The molecule has 2 heterocycles. The molecule has 0 spiro atoms. The zero-order chi connectivity index (χ0) is 13.7. The van der Waals surface area contributed by atoms with Crippen LogP contribution in [-0.2, 0) is 0 Å². The fourth-order valence-corrected chi connectivity index (χ4v) is 2.68. The third-order valence-electron chi connectivity index (χ3n) is 3.93. The first-order valence-corrected chi connectivity index (χ1v) is 7.45. The van der Waals surface area contributed by atoms with E-state index >= 15 is 0 Å². The summed E-state index contributed by atoms with van der Waals surface area (Å²) >= 11 is 0. The fraction of sp³-hybridized carbons (Fsp3) is 0.733. The van der Waals surface area contributed by atoms with Crippen LogP contribution in [0.25, 0.3) is 0 Å². The molecule has 1 N–H and O–H groups in total. The van der Waals surface area contributed by atoms with Gasteiger partial charge in [-0.25, -0.2) is 4.98 Å². The summed E-state index contributed by atoms with van der Waals surface area (Å²) in [4.78, 5) is 11.4. The van der Waals surface area contributed by atoms with Gasteiger partial charge in [-0.15, -0.1) is 0 Å². The van der Waals surface area contributed by atoms with Gasteiger partial charge >= 0.3 is 0 Å². The Bertz CT molecular complexity index is 405. The van der Waals surface area contributed by atoms with Gasteiger partial charge in [-0.05, 0) is 46.6 Å². The molecule has 0 bridgehead atoms. The van der Waals surface area contributed by atoms with Crippen LogP contribution in [0, 0.1) is 13.8 Å². The monoisotopic (exact) mass is 262 g/mol. The maximum atomic E-state index is 4.48. The smallest absolute Gasteiger partial charge is 0.147 e. The predicted octanol–water partition coefficient (Wildman–Crippen LogP) is 2.77. The number of anilines is 1. The molecular weight excluding hydrogens is 236 g/mol. The predicted molar refractivity (Wildman–Crippen MR) is 79.5 cm³/mol. The molecule has 0 aliphatic carbocycles. The first kappa shape index (κ1) is 14.3. The Morgan fingerprint density at radius 3 is 3.00 bits per heavy atom. The number of likely N-dealkylation sites (tertiary alicyclic amines) is 1. The minimum Gasteiger partial charge on any atom is -0.369 e. The lowest BCUT2D eigenvalue weighted by Gasteiger charge is -2.33. The van der Waals surface area contributed by atoms with E-state index in [2.05, 4.69) is 27.1 Å². The molecule has 1 atom stereocenters. The van der Waals surface area contributed by atoms with Crippen LogP contribution in [-0.4, -0.2) is 40.5 Å². The van der Waals surface area contributed by atoms with Gasteiger partial charge in [0.25, 0.3) is 0 Å². The lowest BCUT2D eigenvalue weighted by molar-refractivity contribution is 0.160. The van der Waals surface area contributed by atoms with Crippen molar-refractivity contribution in [2.24, 2.45) is 0 Å². The van der Waals surface area contributed by atoms with Crippen LogP contribution in [0.2, 0.25) is 0 Å². The number of nitrogens with zero attached hydrogens (tertiary/aromatic N) is 3. The summed E-state index contributed by atoms with van der Waals surface area (Å²) in [5.41, 5.74) is 1.95. The van der Waals surface area contributed by atoms with Crippen LogP contribution >= 0.6 is 0 Å². The quantitative estimate of drug-likeness (QED) is 0.828. The van der Waals surface area contributed by atoms with Gasteiger partial charge in [0, 0.05) is 25.3 Å². The highest BCUT2D eigenvalue weighted by Crippen LogP contribution is 2.16. The number of aryl methyl sites for hydroxylation is 2. The average molecular weight is 262 g/mol. The van der Waals surface area contributed by atoms with Crippen LogP contribution in [0.5, 0.6) is 0 Å². The number of hydrogen-bond donors (Lipinski definition) is 1. The van der Waals surface area contributed by atoms with Crippen molar-refractivity contribution in [1.29, 1.82) is 0 Å². The van der Waals surface area contributed by atoms with Crippen molar-refractivity contribution >= 4 is 5.82 Å². The van der Waals surface area contributed by atoms with Crippen LogP contribution < -0.4 is 5.32 Å². The van der Waals surface area contributed by atoms with Crippen molar-refractivity contribution in [3.05, 3.63) is 17.6 Å². The van der Waals surface area contributed by atoms with Gasteiger partial charge in [0.05, 0.1) is 11.4 Å². The van der Waals surface area contributed by atoms with E-state index in [-0.39, 0.29) is 0 Å². The van der Waals surface area contributed by atoms with Crippen LogP contribution in [0.15, 0.2) is 6.20 Å². The van der Waals surface area contributed by atoms with Gasteiger partial charge < -0.3 is 10.2 Å². The van der Waals surface area contributed by atoms with Gasteiger partial charge in [0.1, 0.15) is 5.82 Å². The molecule has 1 unspecified atom stereocenters. The lowest BCUT2D eigenvalue weighted by Crippen LogP contribution is -2.38. The number of nitrogens with one attached hydrogen (secondary N) is 1. The Labute approximate surface area is 116 Å². The molecule has 0 saturated carbocycles. The van der Waals surface area contributed by atoms with E-state index in [9.17, 15) is 0 Å². The summed E-state index contributed by atoms with van der Waals surface area (Å²) < 4.78 is 0. The molecule has 106 valence electrons. The molecule has 1 fully saturated rings. The van der Waals surface area contributed by atoms with E-state index in [4.69, 9.17) is 0 Å². The van der Waals surface area contributed by atoms with Gasteiger partial charge in [0.15, 0.2) is 0 Å². The van der Waals surface area contributed by atoms with E-state index in [1.54, 1.807) is 0 Å². The number of hydrogen-bond acceptors (Lipinski definition) is 4. The topological polar surface area (TPSA) is 41.1 Å². The summed E-state index contributed by atoms with van der Waals surface area (Å²) in [5.74, 6) is 0.937. The van der Waals surface area contributed by atoms with Gasteiger partial charge in [-0.2, -0.15) is 0 Å².